The van der Waals surface area contributed by atoms with E-state index in [-0.39, 0.29) is 5.82 Å². The van der Waals surface area contributed by atoms with E-state index in [4.69, 9.17) is 14.8 Å². The van der Waals surface area contributed by atoms with Crippen molar-refractivity contribution in [2.45, 2.75) is 25.8 Å². The number of fused-ring (bicyclic) bond motifs is 1. The molecule has 1 unspecified atom stereocenters. The van der Waals surface area contributed by atoms with E-state index in [0.29, 0.717) is 6.04 Å². The number of anilines is 3. The first kappa shape index (κ1) is 23.4. The molecule has 0 aliphatic carbocycles. The van der Waals surface area contributed by atoms with Crippen molar-refractivity contribution in [3.05, 3.63) is 59.2 Å². The van der Waals surface area contributed by atoms with E-state index in [1.807, 2.05) is 12.4 Å². The van der Waals surface area contributed by atoms with Crippen LogP contribution >= 0.6 is 11.3 Å². The van der Waals surface area contributed by atoms with Crippen LogP contribution in [0.25, 0.3) is 16.8 Å². The number of aryl methyl sites for hydroxylation is 1. The Balaban J connectivity index is 1.29. The summed E-state index contributed by atoms with van der Waals surface area (Å²) in [5, 5.41) is 8.02. The van der Waals surface area contributed by atoms with Crippen molar-refractivity contribution >= 4 is 33.6 Å². The van der Waals surface area contributed by atoms with Gasteiger partial charge >= 0.3 is 0 Å². The predicted octanol–water partition coefficient (Wildman–Crippen LogP) is 4.84. The van der Waals surface area contributed by atoms with Crippen molar-refractivity contribution in [2.24, 2.45) is 0 Å². The molecule has 2 aliphatic rings. The van der Waals surface area contributed by atoms with Crippen LogP contribution in [0.4, 0.5) is 21.2 Å². The van der Waals surface area contributed by atoms with Crippen LogP contribution in [-0.2, 0) is 11.2 Å². The van der Waals surface area contributed by atoms with E-state index in [0.717, 1.165) is 85.8 Å². The Morgan fingerprint density at radius 2 is 1.92 bits per heavy atom. The van der Waals surface area contributed by atoms with Crippen molar-refractivity contribution < 1.29 is 9.13 Å². The molecule has 4 aromatic rings. The molecule has 7 nitrogen and oxygen atoms in total. The third-order valence-corrected chi connectivity index (χ3v) is 8.24. The molecular weight excluding hydrogens is 475 g/mol. The van der Waals surface area contributed by atoms with Gasteiger partial charge < -0.3 is 14.5 Å². The van der Waals surface area contributed by atoms with Crippen LogP contribution in [0, 0.1) is 5.82 Å². The Labute approximate surface area is 214 Å². The van der Waals surface area contributed by atoms with E-state index in [1.165, 1.54) is 17.7 Å². The quantitative estimate of drug-likeness (QED) is 0.373. The second-order valence-corrected chi connectivity index (χ2v) is 10.3. The number of nitrogens with zero attached hydrogens (tertiary/aromatic N) is 6. The topological polar surface area (TPSA) is 49.1 Å². The fourth-order valence-electron chi connectivity index (χ4n) is 5.32. The average molecular weight is 507 g/mol. The molecule has 5 heterocycles. The molecule has 2 saturated heterocycles. The summed E-state index contributed by atoms with van der Waals surface area (Å²) >= 11 is 1.58. The number of benzene rings is 1. The van der Waals surface area contributed by atoms with Crippen LogP contribution < -0.4 is 9.80 Å². The van der Waals surface area contributed by atoms with Crippen LogP contribution in [0.1, 0.15) is 18.9 Å². The van der Waals surface area contributed by atoms with Gasteiger partial charge in [-0.15, -0.1) is 16.4 Å². The summed E-state index contributed by atoms with van der Waals surface area (Å²) < 4.78 is 21.0. The molecule has 0 amide bonds. The van der Waals surface area contributed by atoms with Crippen LogP contribution in [-0.4, -0.2) is 72.0 Å². The molecule has 3 aromatic heterocycles. The minimum Gasteiger partial charge on any atom is -0.379 e. The molecule has 2 aliphatic heterocycles. The maximum absolute atomic E-state index is 13.4. The third-order valence-electron chi connectivity index (χ3n) is 7.33. The molecule has 188 valence electrons. The zero-order valence-electron chi connectivity index (χ0n) is 20.7. The van der Waals surface area contributed by atoms with E-state index in [9.17, 15) is 4.39 Å². The first-order chi connectivity index (χ1) is 17.6. The summed E-state index contributed by atoms with van der Waals surface area (Å²) in [6.45, 7) is 7.89. The molecule has 0 spiro atoms. The number of hydrogen-bond donors (Lipinski definition) is 0. The number of aromatic nitrogens is 3. The van der Waals surface area contributed by atoms with E-state index < -0.39 is 0 Å². The first-order valence-electron chi connectivity index (χ1n) is 12.6. The van der Waals surface area contributed by atoms with Gasteiger partial charge in [-0.05, 0) is 60.9 Å². The summed E-state index contributed by atoms with van der Waals surface area (Å²) in [6.07, 6.45) is 2.06. The van der Waals surface area contributed by atoms with Crippen molar-refractivity contribution in [3.8, 4) is 11.3 Å². The lowest BCUT2D eigenvalue weighted by Crippen LogP contribution is -2.44. The predicted molar refractivity (Wildman–Crippen MR) is 143 cm³/mol. The van der Waals surface area contributed by atoms with Gasteiger partial charge in [-0.3, -0.25) is 4.90 Å². The average Bonchev–Trinajstić information content (AvgIpc) is 3.67. The summed E-state index contributed by atoms with van der Waals surface area (Å²) in [6, 6.07) is 13.6. The Kier molecular flexibility index (Phi) is 6.37. The highest BCUT2D eigenvalue weighted by Gasteiger charge is 2.30. The Hall–Kier alpha value is -3.01. The maximum atomic E-state index is 13.4. The smallest absolute Gasteiger partial charge is 0.191 e. The minimum atomic E-state index is -0.241. The summed E-state index contributed by atoms with van der Waals surface area (Å²) in [4.78, 5) is 12.0. The molecule has 0 radical (unpaired) electrons. The lowest BCUT2D eigenvalue weighted by Gasteiger charge is -2.32. The second kappa shape index (κ2) is 9.80. The van der Waals surface area contributed by atoms with E-state index in [1.54, 1.807) is 23.5 Å². The standard InChI is InChI=1S/C27H31FN6OS/c1-3-19-16-22-8-9-25(33-11-10-23(17-33)32-12-14-35-15-13-32)30-34(22)26(19)31(2)27-29-24(18-36-27)20-4-6-21(28)7-5-20/h4-9,16,18,23H,3,10-15,17H2,1-2H3. The monoisotopic (exact) mass is 506 g/mol. The lowest BCUT2D eigenvalue weighted by molar-refractivity contribution is 0.0209. The fraction of sp³-hybridized carbons (Fsp3) is 0.407. The van der Waals surface area contributed by atoms with Gasteiger partial charge in [0.2, 0.25) is 0 Å². The highest BCUT2D eigenvalue weighted by molar-refractivity contribution is 7.14. The van der Waals surface area contributed by atoms with Gasteiger partial charge in [0.15, 0.2) is 5.13 Å². The Bertz CT molecular complexity index is 1350. The van der Waals surface area contributed by atoms with Crippen molar-refractivity contribution in [1.29, 1.82) is 0 Å². The van der Waals surface area contributed by atoms with E-state index >= 15 is 0 Å². The largest absolute Gasteiger partial charge is 0.379 e. The third kappa shape index (κ3) is 4.36. The maximum Gasteiger partial charge on any atom is 0.191 e. The fourth-order valence-corrected chi connectivity index (χ4v) is 6.12. The highest BCUT2D eigenvalue weighted by Crippen LogP contribution is 2.35. The molecule has 0 saturated carbocycles. The zero-order valence-corrected chi connectivity index (χ0v) is 21.5. The minimum absolute atomic E-state index is 0.241. The lowest BCUT2D eigenvalue weighted by atomic mass is 10.2. The van der Waals surface area contributed by atoms with Gasteiger partial charge in [0.1, 0.15) is 17.5 Å². The highest BCUT2D eigenvalue weighted by atomic mass is 32.1. The molecule has 36 heavy (non-hydrogen) atoms. The number of hydrogen-bond acceptors (Lipinski definition) is 7. The normalized spacial score (nSPS) is 18.9. The number of thiazole rings is 1. The first-order valence-corrected chi connectivity index (χ1v) is 13.5. The number of halogens is 1. The number of ether oxygens (including phenoxy) is 1. The molecule has 2 fully saturated rings. The molecule has 9 heteroatoms. The molecule has 1 atom stereocenters. The van der Waals surface area contributed by atoms with Crippen molar-refractivity contribution in [2.75, 3.05) is 56.2 Å². The van der Waals surface area contributed by atoms with Crippen LogP contribution in [0.15, 0.2) is 47.8 Å². The van der Waals surface area contributed by atoms with Gasteiger partial charge in [0.05, 0.1) is 24.4 Å². The summed E-state index contributed by atoms with van der Waals surface area (Å²) in [5.41, 5.74) is 4.07. The zero-order chi connectivity index (χ0) is 24.6. The molecule has 6 rings (SSSR count). The second-order valence-electron chi connectivity index (χ2n) is 9.49. The van der Waals surface area contributed by atoms with Gasteiger partial charge in [-0.2, -0.15) is 0 Å². The van der Waals surface area contributed by atoms with Gasteiger partial charge in [-0.25, -0.2) is 13.9 Å². The van der Waals surface area contributed by atoms with Crippen molar-refractivity contribution in [1.82, 2.24) is 19.5 Å². The SMILES string of the molecule is CCc1cc2ccc(N3CCC(N4CCOCC4)C3)nn2c1N(C)c1nc(-c2ccc(F)cc2)cs1. The summed E-state index contributed by atoms with van der Waals surface area (Å²) in [5.74, 6) is 1.81. The Morgan fingerprint density at radius 3 is 2.69 bits per heavy atom. The molecule has 0 bridgehead atoms. The van der Waals surface area contributed by atoms with Crippen LogP contribution in [0.2, 0.25) is 0 Å². The van der Waals surface area contributed by atoms with E-state index in [2.05, 4.69) is 44.3 Å². The molecule has 0 N–H and O–H groups in total. The Morgan fingerprint density at radius 1 is 1.11 bits per heavy atom. The van der Waals surface area contributed by atoms with Gasteiger partial charge in [0, 0.05) is 50.2 Å². The van der Waals surface area contributed by atoms with Crippen molar-refractivity contribution in [3.63, 3.8) is 0 Å². The van der Waals surface area contributed by atoms with Crippen LogP contribution in [0.3, 0.4) is 0 Å². The number of morpholine rings is 1. The molecule has 1 aromatic carbocycles. The number of rotatable bonds is 6. The van der Waals surface area contributed by atoms with Gasteiger partial charge in [-0.1, -0.05) is 6.92 Å². The van der Waals surface area contributed by atoms with Gasteiger partial charge in [0.25, 0.3) is 0 Å². The summed E-state index contributed by atoms with van der Waals surface area (Å²) in [7, 11) is 2.05. The molecular formula is C27H31FN6OS. The van der Waals surface area contributed by atoms with Crippen LogP contribution in [0.5, 0.6) is 0 Å².